The highest BCUT2D eigenvalue weighted by molar-refractivity contribution is 9.10. The highest BCUT2D eigenvalue weighted by Gasteiger charge is 2.23. The molecule has 25 heavy (non-hydrogen) atoms. The van der Waals surface area contributed by atoms with Gasteiger partial charge in [0, 0.05) is 16.5 Å². The Labute approximate surface area is 161 Å². The molecule has 0 aliphatic rings. The zero-order valence-corrected chi connectivity index (χ0v) is 16.9. The summed E-state index contributed by atoms with van der Waals surface area (Å²) in [5.74, 6) is -0.379. The molecule has 0 bridgehead atoms. The smallest absolute Gasteiger partial charge is 0.243 e. The summed E-state index contributed by atoms with van der Waals surface area (Å²) >= 11 is 9.13. The molecule has 2 rings (SSSR count). The summed E-state index contributed by atoms with van der Waals surface area (Å²) in [5.41, 5.74) is 0.930. The molecule has 0 aliphatic carbocycles. The van der Waals surface area contributed by atoms with Crippen LogP contribution in [0.3, 0.4) is 0 Å². The van der Waals surface area contributed by atoms with Gasteiger partial charge < -0.3 is 5.32 Å². The van der Waals surface area contributed by atoms with Gasteiger partial charge in [-0.2, -0.15) is 4.31 Å². The van der Waals surface area contributed by atoms with Gasteiger partial charge in [0.15, 0.2) is 0 Å². The fourth-order valence-electron chi connectivity index (χ4n) is 2.20. The molecule has 0 radical (unpaired) electrons. The maximum atomic E-state index is 12.5. The zero-order chi connectivity index (χ0) is 18.6. The second-order valence-electron chi connectivity index (χ2n) is 5.56. The zero-order valence-electron chi connectivity index (χ0n) is 13.7. The third-order valence-corrected chi connectivity index (χ3v) is 6.23. The minimum atomic E-state index is -3.75. The number of hydrogen-bond acceptors (Lipinski definition) is 3. The highest BCUT2D eigenvalue weighted by Crippen LogP contribution is 2.18. The monoisotopic (exact) mass is 444 g/mol. The van der Waals surface area contributed by atoms with Crippen LogP contribution in [0.2, 0.25) is 5.02 Å². The van der Waals surface area contributed by atoms with E-state index in [1.165, 1.54) is 31.3 Å². The number of nitrogens with one attached hydrogen (secondary N) is 1. The van der Waals surface area contributed by atoms with E-state index in [0.717, 1.165) is 14.3 Å². The summed E-state index contributed by atoms with van der Waals surface area (Å²) in [6.45, 7) is 1.57. The van der Waals surface area contributed by atoms with E-state index in [9.17, 15) is 13.2 Å². The molecule has 0 spiro atoms. The van der Waals surface area contributed by atoms with Crippen LogP contribution in [0.5, 0.6) is 0 Å². The van der Waals surface area contributed by atoms with Crippen molar-refractivity contribution in [3.8, 4) is 0 Å². The number of carbonyl (C=O) groups excluding carboxylic acids is 1. The molecule has 0 aromatic heterocycles. The van der Waals surface area contributed by atoms with Gasteiger partial charge in [-0.3, -0.25) is 4.79 Å². The fourth-order valence-corrected chi connectivity index (χ4v) is 3.71. The van der Waals surface area contributed by atoms with Crippen molar-refractivity contribution in [1.29, 1.82) is 0 Å². The van der Waals surface area contributed by atoms with Gasteiger partial charge in [-0.1, -0.05) is 39.7 Å². The molecular weight excluding hydrogens is 428 g/mol. The van der Waals surface area contributed by atoms with Gasteiger partial charge in [-0.25, -0.2) is 8.42 Å². The van der Waals surface area contributed by atoms with Crippen molar-refractivity contribution in [2.75, 3.05) is 13.6 Å². The van der Waals surface area contributed by atoms with Crippen molar-refractivity contribution < 1.29 is 13.2 Å². The number of benzene rings is 2. The summed E-state index contributed by atoms with van der Waals surface area (Å²) in [6, 6.07) is 13.1. The van der Waals surface area contributed by atoms with Crippen LogP contribution in [-0.2, 0) is 14.8 Å². The van der Waals surface area contributed by atoms with Crippen LogP contribution in [0.15, 0.2) is 57.9 Å². The fraction of sp³-hybridized carbons (Fsp3) is 0.235. The van der Waals surface area contributed by atoms with Crippen LogP contribution in [0, 0.1) is 0 Å². The first-order valence-electron chi connectivity index (χ1n) is 7.47. The molecular formula is C17H18BrClN2O3S. The van der Waals surface area contributed by atoms with Crippen LogP contribution in [-0.4, -0.2) is 32.2 Å². The second kappa shape index (κ2) is 8.31. The minimum Gasteiger partial charge on any atom is -0.348 e. The van der Waals surface area contributed by atoms with Gasteiger partial charge in [-0.05, 0) is 48.9 Å². The van der Waals surface area contributed by atoms with Crippen molar-refractivity contribution >= 4 is 43.5 Å². The van der Waals surface area contributed by atoms with E-state index in [2.05, 4.69) is 21.2 Å². The molecule has 0 aliphatic heterocycles. The Morgan fingerprint density at radius 2 is 1.72 bits per heavy atom. The molecule has 0 fully saturated rings. The summed E-state index contributed by atoms with van der Waals surface area (Å²) in [6.07, 6.45) is 0. The second-order valence-corrected chi connectivity index (χ2v) is 8.95. The number of likely N-dealkylation sites (N-methyl/N-ethyl adjacent to an activating group) is 1. The third-order valence-electron chi connectivity index (χ3n) is 3.64. The van der Waals surface area contributed by atoms with E-state index in [0.29, 0.717) is 5.02 Å². The summed E-state index contributed by atoms with van der Waals surface area (Å²) in [7, 11) is -2.38. The van der Waals surface area contributed by atoms with Crippen LogP contribution in [0.1, 0.15) is 18.5 Å². The molecule has 2 aromatic rings. The van der Waals surface area contributed by atoms with Crippen molar-refractivity contribution in [2.24, 2.45) is 0 Å². The van der Waals surface area contributed by atoms with Gasteiger partial charge in [0.05, 0.1) is 17.5 Å². The molecule has 1 N–H and O–H groups in total. The molecule has 0 saturated carbocycles. The van der Waals surface area contributed by atoms with E-state index in [4.69, 9.17) is 11.6 Å². The number of nitrogens with zero attached hydrogens (tertiary/aromatic N) is 1. The molecule has 0 saturated heterocycles. The first-order valence-corrected chi connectivity index (χ1v) is 10.1. The number of rotatable bonds is 6. The number of halogens is 2. The molecule has 0 heterocycles. The van der Waals surface area contributed by atoms with Crippen LogP contribution < -0.4 is 5.32 Å². The molecule has 2 aromatic carbocycles. The Hall–Kier alpha value is -1.41. The van der Waals surface area contributed by atoms with E-state index < -0.39 is 10.0 Å². The quantitative estimate of drug-likeness (QED) is 0.739. The minimum absolute atomic E-state index is 0.0909. The van der Waals surface area contributed by atoms with Gasteiger partial charge >= 0.3 is 0 Å². The van der Waals surface area contributed by atoms with Crippen LogP contribution in [0.25, 0.3) is 0 Å². The van der Waals surface area contributed by atoms with E-state index in [-0.39, 0.29) is 23.4 Å². The average molecular weight is 446 g/mol. The lowest BCUT2D eigenvalue weighted by Gasteiger charge is -2.19. The van der Waals surface area contributed by atoms with Gasteiger partial charge in [0.1, 0.15) is 0 Å². The first kappa shape index (κ1) is 19.9. The normalized spacial score (nSPS) is 12.8. The summed E-state index contributed by atoms with van der Waals surface area (Å²) in [4.78, 5) is 12.3. The maximum Gasteiger partial charge on any atom is 0.243 e. The SMILES string of the molecule is C[C@H](NC(=O)CN(C)S(=O)(=O)c1ccc(Cl)cc1)c1ccc(Br)cc1. The largest absolute Gasteiger partial charge is 0.348 e. The Morgan fingerprint density at radius 1 is 1.16 bits per heavy atom. The van der Waals surface area contributed by atoms with E-state index in [1.54, 1.807) is 0 Å². The number of sulfonamides is 1. The summed E-state index contributed by atoms with van der Waals surface area (Å²) in [5, 5.41) is 3.24. The third kappa shape index (κ3) is 5.28. The van der Waals surface area contributed by atoms with Crippen LogP contribution in [0.4, 0.5) is 0 Å². The number of carbonyl (C=O) groups is 1. The van der Waals surface area contributed by atoms with Gasteiger partial charge in [-0.15, -0.1) is 0 Å². The Balaban J connectivity index is 2.01. The standard InChI is InChI=1S/C17H18BrClN2O3S/c1-12(13-3-5-14(18)6-4-13)20-17(22)11-21(2)25(23,24)16-9-7-15(19)8-10-16/h3-10,12H,11H2,1-2H3,(H,20,22)/t12-/m0/s1. The Morgan fingerprint density at radius 3 is 2.28 bits per heavy atom. The lowest BCUT2D eigenvalue weighted by Crippen LogP contribution is -2.39. The van der Waals surface area contributed by atoms with E-state index >= 15 is 0 Å². The van der Waals surface area contributed by atoms with Gasteiger partial charge in [0.25, 0.3) is 0 Å². The number of amides is 1. The van der Waals surface area contributed by atoms with E-state index in [1.807, 2.05) is 31.2 Å². The molecule has 1 amide bonds. The molecule has 5 nitrogen and oxygen atoms in total. The molecule has 1 atom stereocenters. The predicted molar refractivity (Wildman–Crippen MR) is 102 cm³/mol. The topological polar surface area (TPSA) is 66.5 Å². The maximum absolute atomic E-state index is 12.5. The molecule has 0 unspecified atom stereocenters. The Kier molecular flexibility index (Phi) is 6.62. The summed E-state index contributed by atoms with van der Waals surface area (Å²) < 4.78 is 26.9. The molecule has 8 heteroatoms. The first-order chi connectivity index (χ1) is 11.7. The lowest BCUT2D eigenvalue weighted by atomic mass is 10.1. The lowest BCUT2D eigenvalue weighted by molar-refractivity contribution is -0.121. The number of hydrogen-bond donors (Lipinski definition) is 1. The molecule has 134 valence electrons. The predicted octanol–water partition coefficient (Wildman–Crippen LogP) is 3.60. The van der Waals surface area contributed by atoms with Crippen molar-refractivity contribution in [1.82, 2.24) is 9.62 Å². The van der Waals surface area contributed by atoms with Crippen LogP contribution >= 0.6 is 27.5 Å². The van der Waals surface area contributed by atoms with Crippen molar-refractivity contribution in [2.45, 2.75) is 17.9 Å². The van der Waals surface area contributed by atoms with Crippen molar-refractivity contribution in [3.63, 3.8) is 0 Å². The Bertz CT molecular complexity index is 839. The highest BCUT2D eigenvalue weighted by atomic mass is 79.9. The average Bonchev–Trinajstić information content (AvgIpc) is 2.55. The van der Waals surface area contributed by atoms with Crippen molar-refractivity contribution in [3.05, 3.63) is 63.6 Å². The van der Waals surface area contributed by atoms with Gasteiger partial charge in [0.2, 0.25) is 15.9 Å².